The van der Waals surface area contributed by atoms with Gasteiger partial charge in [0.1, 0.15) is 17.5 Å². The van der Waals surface area contributed by atoms with Crippen LogP contribution >= 0.6 is 0 Å². The second kappa shape index (κ2) is 10.4. The molecule has 0 bridgehead atoms. The quantitative estimate of drug-likeness (QED) is 0.458. The molecule has 3 heterocycles. The van der Waals surface area contributed by atoms with E-state index >= 15 is 0 Å². The van der Waals surface area contributed by atoms with Crippen molar-refractivity contribution in [1.82, 2.24) is 19.9 Å². The number of hydrogen-bond donors (Lipinski definition) is 4. The number of piperidine rings is 1. The first-order chi connectivity index (χ1) is 15.2. The number of allylic oxidation sites excluding steroid dienone is 1. The van der Waals surface area contributed by atoms with Crippen LogP contribution in [0.5, 0.6) is 0 Å². The van der Waals surface area contributed by atoms with Crippen molar-refractivity contribution in [2.24, 2.45) is 0 Å². The summed E-state index contributed by atoms with van der Waals surface area (Å²) in [6.45, 7) is 3.09. The van der Waals surface area contributed by atoms with Crippen LogP contribution in [0.1, 0.15) is 49.1 Å². The van der Waals surface area contributed by atoms with Gasteiger partial charge in [0, 0.05) is 18.2 Å². The number of halogens is 3. The van der Waals surface area contributed by atoms with Crippen molar-refractivity contribution in [1.29, 1.82) is 5.41 Å². The second-order valence-electron chi connectivity index (χ2n) is 7.64. The first-order valence-electron chi connectivity index (χ1n) is 10.4. The molecule has 0 radical (unpaired) electrons. The molecule has 0 spiro atoms. The van der Waals surface area contributed by atoms with Crippen LogP contribution in [-0.2, 0) is 11.0 Å². The number of aromatic amines is 1. The molecule has 172 valence electrons. The molecule has 0 aromatic carbocycles. The fraction of sp³-hybridized carbons (Fsp3) is 0.429. The maximum atomic E-state index is 13.0. The average Bonchev–Trinajstić information content (AvgIpc) is 3.19. The molecule has 0 unspecified atom stereocenters. The lowest BCUT2D eigenvalue weighted by atomic mass is 10.1. The highest BCUT2D eigenvalue weighted by Gasteiger charge is 2.34. The SMILES string of the molecule is N=C(/C=C\c1ncc(NC(=O)CCCN2CCCCC2)[nH]1)c1cnc(N)c(C(F)(F)F)c1. The number of alkyl halides is 3. The third kappa shape index (κ3) is 6.64. The topological polar surface area (TPSA) is 124 Å². The predicted molar refractivity (Wildman–Crippen MR) is 116 cm³/mol. The van der Waals surface area contributed by atoms with E-state index in [2.05, 4.69) is 25.2 Å². The Kier molecular flexibility index (Phi) is 7.62. The van der Waals surface area contributed by atoms with Gasteiger partial charge >= 0.3 is 6.18 Å². The Labute approximate surface area is 183 Å². The number of anilines is 2. The Morgan fingerprint density at radius 3 is 2.72 bits per heavy atom. The van der Waals surface area contributed by atoms with Crippen molar-refractivity contribution in [3.05, 3.63) is 41.5 Å². The van der Waals surface area contributed by atoms with E-state index in [4.69, 9.17) is 11.1 Å². The minimum Gasteiger partial charge on any atom is -0.383 e. The molecule has 1 aliphatic heterocycles. The normalized spacial score (nSPS) is 15.2. The number of carbonyl (C=O) groups excluding carboxylic acids is 1. The van der Waals surface area contributed by atoms with E-state index in [1.54, 1.807) is 0 Å². The molecule has 11 heteroatoms. The van der Waals surface area contributed by atoms with Crippen LogP contribution < -0.4 is 11.1 Å². The molecule has 0 saturated carbocycles. The zero-order chi connectivity index (χ0) is 23.1. The molecular formula is C21H26F3N7O. The number of carbonyl (C=O) groups is 1. The number of rotatable bonds is 8. The molecule has 1 fully saturated rings. The minimum atomic E-state index is -4.65. The zero-order valence-electron chi connectivity index (χ0n) is 17.5. The number of imidazole rings is 1. The molecule has 1 saturated heterocycles. The van der Waals surface area contributed by atoms with Crippen molar-refractivity contribution in [2.75, 3.05) is 30.7 Å². The highest BCUT2D eigenvalue weighted by Crippen LogP contribution is 2.33. The summed E-state index contributed by atoms with van der Waals surface area (Å²) in [6.07, 6.45) is 5.49. The van der Waals surface area contributed by atoms with Gasteiger partial charge < -0.3 is 26.3 Å². The molecule has 1 aliphatic rings. The van der Waals surface area contributed by atoms with Crippen molar-refractivity contribution >= 4 is 29.3 Å². The van der Waals surface area contributed by atoms with Gasteiger partial charge in [0.2, 0.25) is 5.91 Å². The lowest BCUT2D eigenvalue weighted by Crippen LogP contribution is -2.31. The summed E-state index contributed by atoms with van der Waals surface area (Å²) in [5, 5.41) is 10.7. The van der Waals surface area contributed by atoms with Crippen molar-refractivity contribution in [2.45, 2.75) is 38.3 Å². The number of likely N-dealkylation sites (tertiary alicyclic amines) is 1. The van der Waals surface area contributed by atoms with E-state index in [0.717, 1.165) is 38.3 Å². The lowest BCUT2D eigenvalue weighted by Gasteiger charge is -2.26. The summed E-state index contributed by atoms with van der Waals surface area (Å²) in [6, 6.07) is 0.784. The van der Waals surface area contributed by atoms with Crippen LogP contribution in [0, 0.1) is 5.41 Å². The Morgan fingerprint density at radius 2 is 2.00 bits per heavy atom. The fourth-order valence-corrected chi connectivity index (χ4v) is 3.45. The van der Waals surface area contributed by atoms with Crippen LogP contribution in [0.2, 0.25) is 0 Å². The summed E-state index contributed by atoms with van der Waals surface area (Å²) in [5.41, 5.74) is 3.97. The third-order valence-corrected chi connectivity index (χ3v) is 5.14. The van der Waals surface area contributed by atoms with Crippen LogP contribution in [0.4, 0.5) is 24.8 Å². The number of nitrogen functional groups attached to an aromatic ring is 1. The maximum absolute atomic E-state index is 13.0. The average molecular weight is 449 g/mol. The molecule has 2 aromatic heterocycles. The van der Waals surface area contributed by atoms with Crippen LogP contribution in [0.15, 0.2) is 24.5 Å². The van der Waals surface area contributed by atoms with Crippen molar-refractivity contribution in [3.63, 3.8) is 0 Å². The minimum absolute atomic E-state index is 0.0310. The first kappa shape index (κ1) is 23.5. The number of H-pyrrole nitrogens is 1. The third-order valence-electron chi connectivity index (χ3n) is 5.14. The molecule has 5 N–H and O–H groups in total. The van der Waals surface area contributed by atoms with E-state index in [-0.39, 0.29) is 17.2 Å². The Bertz CT molecular complexity index is 978. The Morgan fingerprint density at radius 1 is 1.25 bits per heavy atom. The molecule has 1 amide bonds. The molecular weight excluding hydrogens is 423 g/mol. The summed E-state index contributed by atoms with van der Waals surface area (Å²) in [5.74, 6) is -0.00702. The number of nitrogens with one attached hydrogen (secondary N) is 3. The summed E-state index contributed by atoms with van der Waals surface area (Å²) >= 11 is 0. The van der Waals surface area contributed by atoms with Gasteiger partial charge in [0.05, 0.1) is 17.5 Å². The number of aromatic nitrogens is 3. The van der Waals surface area contributed by atoms with Gasteiger partial charge in [0.15, 0.2) is 0 Å². The largest absolute Gasteiger partial charge is 0.419 e. The van der Waals surface area contributed by atoms with E-state index in [9.17, 15) is 18.0 Å². The van der Waals surface area contributed by atoms with Crippen LogP contribution in [0.25, 0.3) is 6.08 Å². The molecule has 0 atom stereocenters. The fourth-order valence-electron chi connectivity index (χ4n) is 3.45. The Hall–Kier alpha value is -3.21. The highest BCUT2D eigenvalue weighted by atomic mass is 19.4. The summed E-state index contributed by atoms with van der Waals surface area (Å²) in [4.78, 5) is 25.0. The monoisotopic (exact) mass is 449 g/mol. The van der Waals surface area contributed by atoms with Gasteiger partial charge in [-0.2, -0.15) is 13.2 Å². The predicted octanol–water partition coefficient (Wildman–Crippen LogP) is 3.69. The lowest BCUT2D eigenvalue weighted by molar-refractivity contribution is -0.137. The number of pyridine rings is 1. The van der Waals surface area contributed by atoms with Gasteiger partial charge in [-0.25, -0.2) is 9.97 Å². The van der Waals surface area contributed by atoms with Gasteiger partial charge in [-0.05, 0) is 57.1 Å². The Balaban J connectivity index is 1.51. The summed E-state index contributed by atoms with van der Waals surface area (Å²) < 4.78 is 38.9. The van der Waals surface area contributed by atoms with E-state index < -0.39 is 17.6 Å². The molecule has 32 heavy (non-hydrogen) atoms. The van der Waals surface area contributed by atoms with Crippen LogP contribution in [-0.4, -0.2) is 51.1 Å². The molecule has 2 aromatic rings. The van der Waals surface area contributed by atoms with Crippen molar-refractivity contribution in [3.8, 4) is 0 Å². The molecule has 3 rings (SSSR count). The van der Waals surface area contributed by atoms with Gasteiger partial charge in [0.25, 0.3) is 0 Å². The molecule has 0 aliphatic carbocycles. The van der Waals surface area contributed by atoms with Gasteiger partial charge in [-0.15, -0.1) is 0 Å². The number of nitrogens with zero attached hydrogens (tertiary/aromatic N) is 3. The van der Waals surface area contributed by atoms with E-state index in [1.165, 1.54) is 37.6 Å². The van der Waals surface area contributed by atoms with E-state index in [1.807, 2.05) is 0 Å². The number of nitrogens with two attached hydrogens (primary N) is 1. The maximum Gasteiger partial charge on any atom is 0.419 e. The second-order valence-corrected chi connectivity index (χ2v) is 7.64. The standard InChI is InChI=1S/C21H26F3N7O/c22-21(23,24)15-11-14(12-28-20(15)26)16(25)6-7-17-27-13-18(29-17)30-19(32)5-4-10-31-8-2-1-3-9-31/h6-7,11-13,25H,1-5,8-10H2,(H2,26,28)(H,27,29)(H,30,32)/b7-6-,25-16?. The number of amides is 1. The first-order valence-corrected chi connectivity index (χ1v) is 10.4. The van der Waals surface area contributed by atoms with Gasteiger partial charge in [-0.1, -0.05) is 6.42 Å². The zero-order valence-corrected chi connectivity index (χ0v) is 17.5. The molecule has 8 nitrogen and oxygen atoms in total. The summed E-state index contributed by atoms with van der Waals surface area (Å²) in [7, 11) is 0. The smallest absolute Gasteiger partial charge is 0.383 e. The van der Waals surface area contributed by atoms with E-state index in [0.29, 0.717) is 18.1 Å². The van der Waals surface area contributed by atoms with Gasteiger partial charge in [-0.3, -0.25) is 4.79 Å². The number of hydrogen-bond acceptors (Lipinski definition) is 6. The van der Waals surface area contributed by atoms with Crippen molar-refractivity contribution < 1.29 is 18.0 Å². The highest BCUT2D eigenvalue weighted by molar-refractivity contribution is 6.08. The van der Waals surface area contributed by atoms with Crippen LogP contribution in [0.3, 0.4) is 0 Å².